The van der Waals surface area contributed by atoms with Crippen LogP contribution >= 0.6 is 0 Å². The molecule has 0 fully saturated rings. The van der Waals surface area contributed by atoms with Crippen molar-refractivity contribution in [2.75, 3.05) is 19.5 Å². The topological polar surface area (TPSA) is 64.6 Å². The quantitative estimate of drug-likeness (QED) is 0.581. The van der Waals surface area contributed by atoms with Crippen LogP contribution in [0.2, 0.25) is 0 Å². The van der Waals surface area contributed by atoms with E-state index in [0.717, 1.165) is 16.7 Å². The summed E-state index contributed by atoms with van der Waals surface area (Å²) >= 11 is 0. The average Bonchev–Trinajstić information content (AvgIpc) is 2.76. The zero-order valence-corrected chi connectivity index (χ0v) is 17.8. The molecule has 0 spiro atoms. The molecule has 30 heavy (non-hydrogen) atoms. The molecular formula is C25H25NO4. The van der Waals surface area contributed by atoms with Gasteiger partial charge in [-0.05, 0) is 55.7 Å². The number of benzene rings is 3. The Morgan fingerprint density at radius 1 is 0.733 bits per heavy atom. The van der Waals surface area contributed by atoms with Crippen LogP contribution in [0.3, 0.4) is 0 Å². The van der Waals surface area contributed by atoms with Gasteiger partial charge in [0.1, 0.15) is 0 Å². The number of carbonyl (C=O) groups is 2. The Balaban J connectivity index is 1.95. The predicted molar refractivity (Wildman–Crippen MR) is 118 cm³/mol. The Bertz CT molecular complexity index is 1120. The minimum Gasteiger partial charge on any atom is -0.493 e. The second-order valence-corrected chi connectivity index (χ2v) is 7.15. The van der Waals surface area contributed by atoms with Crippen LogP contribution < -0.4 is 14.8 Å². The van der Waals surface area contributed by atoms with Gasteiger partial charge in [-0.25, -0.2) is 0 Å². The zero-order valence-electron chi connectivity index (χ0n) is 17.8. The van der Waals surface area contributed by atoms with Gasteiger partial charge in [-0.3, -0.25) is 9.59 Å². The van der Waals surface area contributed by atoms with Crippen LogP contribution in [0.1, 0.15) is 43.0 Å². The van der Waals surface area contributed by atoms with Crippen molar-refractivity contribution in [1.82, 2.24) is 0 Å². The van der Waals surface area contributed by atoms with Gasteiger partial charge >= 0.3 is 0 Å². The highest BCUT2D eigenvalue weighted by molar-refractivity contribution is 6.17. The van der Waals surface area contributed by atoms with Crippen LogP contribution in [0, 0.1) is 20.8 Å². The Kier molecular flexibility index (Phi) is 6.21. The highest BCUT2D eigenvalue weighted by Crippen LogP contribution is 2.33. The van der Waals surface area contributed by atoms with E-state index in [4.69, 9.17) is 9.47 Å². The van der Waals surface area contributed by atoms with Crippen molar-refractivity contribution < 1.29 is 19.1 Å². The average molecular weight is 403 g/mol. The lowest BCUT2D eigenvalue weighted by Crippen LogP contribution is -2.17. The van der Waals surface area contributed by atoms with E-state index in [1.807, 2.05) is 32.9 Å². The molecule has 154 valence electrons. The fourth-order valence-corrected chi connectivity index (χ4v) is 3.22. The maximum Gasteiger partial charge on any atom is 0.256 e. The number of methoxy groups -OCH3 is 2. The largest absolute Gasteiger partial charge is 0.493 e. The van der Waals surface area contributed by atoms with E-state index in [9.17, 15) is 9.59 Å². The summed E-state index contributed by atoms with van der Waals surface area (Å²) in [7, 11) is 3.10. The predicted octanol–water partition coefficient (Wildman–Crippen LogP) is 5.11. The molecule has 0 aliphatic heterocycles. The molecule has 0 saturated heterocycles. The minimum atomic E-state index is -0.363. The molecule has 0 bridgehead atoms. The molecule has 1 amide bonds. The Morgan fingerprint density at radius 2 is 1.37 bits per heavy atom. The highest BCUT2D eigenvalue weighted by atomic mass is 16.5. The van der Waals surface area contributed by atoms with Crippen molar-refractivity contribution in [2.24, 2.45) is 0 Å². The van der Waals surface area contributed by atoms with Gasteiger partial charge in [-0.15, -0.1) is 0 Å². The smallest absolute Gasteiger partial charge is 0.256 e. The normalized spacial score (nSPS) is 10.4. The van der Waals surface area contributed by atoms with Crippen molar-refractivity contribution >= 4 is 17.4 Å². The van der Waals surface area contributed by atoms with Gasteiger partial charge < -0.3 is 14.8 Å². The van der Waals surface area contributed by atoms with Crippen LogP contribution in [-0.2, 0) is 0 Å². The number of ether oxygens (including phenoxy) is 2. The molecule has 5 heteroatoms. The third-order valence-electron chi connectivity index (χ3n) is 5.16. The number of ketones is 1. The first-order valence-corrected chi connectivity index (χ1v) is 9.60. The monoisotopic (exact) mass is 403 g/mol. The SMILES string of the molecule is COc1cc(C)c(NC(=O)c2ccccc2C(=O)c2ccc(C)c(C)c2)cc1OC. The Hall–Kier alpha value is -3.60. The number of rotatable bonds is 6. The van der Waals surface area contributed by atoms with Crippen LogP contribution in [-0.4, -0.2) is 25.9 Å². The molecule has 0 aliphatic rings. The summed E-state index contributed by atoms with van der Waals surface area (Å²) in [5.41, 5.74) is 4.78. The Morgan fingerprint density at radius 3 is 2.00 bits per heavy atom. The van der Waals surface area contributed by atoms with Crippen molar-refractivity contribution in [3.8, 4) is 11.5 Å². The standard InChI is InChI=1S/C25H25NO4/c1-15-10-11-18(12-16(15)2)24(27)19-8-6-7-9-20(19)25(28)26-21-14-23(30-5)22(29-4)13-17(21)3/h6-14H,1-5H3,(H,26,28). The number of amides is 1. The van der Waals surface area contributed by atoms with E-state index in [1.54, 1.807) is 49.6 Å². The fourth-order valence-electron chi connectivity index (χ4n) is 3.22. The zero-order chi connectivity index (χ0) is 21.8. The second kappa shape index (κ2) is 8.82. The molecule has 3 rings (SSSR count). The van der Waals surface area contributed by atoms with Crippen LogP contribution in [0.15, 0.2) is 54.6 Å². The molecule has 0 radical (unpaired) electrons. The van der Waals surface area contributed by atoms with E-state index >= 15 is 0 Å². The number of carbonyl (C=O) groups excluding carboxylic acids is 2. The number of anilines is 1. The summed E-state index contributed by atoms with van der Waals surface area (Å²) in [5.74, 6) is 0.544. The van der Waals surface area contributed by atoms with Gasteiger partial charge in [0.25, 0.3) is 5.91 Å². The summed E-state index contributed by atoms with van der Waals surface area (Å²) < 4.78 is 10.6. The molecule has 0 aromatic heterocycles. The fraction of sp³-hybridized carbons (Fsp3) is 0.200. The Labute approximate surface area is 176 Å². The summed E-state index contributed by atoms with van der Waals surface area (Å²) in [4.78, 5) is 26.2. The number of aryl methyl sites for hydroxylation is 3. The first-order chi connectivity index (χ1) is 14.3. The van der Waals surface area contributed by atoms with E-state index in [0.29, 0.717) is 33.9 Å². The lowest BCUT2D eigenvalue weighted by atomic mass is 9.95. The van der Waals surface area contributed by atoms with Crippen LogP contribution in [0.5, 0.6) is 11.5 Å². The molecule has 5 nitrogen and oxygen atoms in total. The van der Waals surface area contributed by atoms with E-state index in [1.165, 1.54) is 7.11 Å². The third kappa shape index (κ3) is 4.20. The molecular weight excluding hydrogens is 378 g/mol. The molecule has 0 atom stereocenters. The van der Waals surface area contributed by atoms with E-state index in [-0.39, 0.29) is 11.7 Å². The van der Waals surface area contributed by atoms with E-state index < -0.39 is 0 Å². The second-order valence-electron chi connectivity index (χ2n) is 7.15. The maximum atomic E-state index is 13.1. The van der Waals surface area contributed by atoms with Gasteiger partial charge in [-0.1, -0.05) is 30.3 Å². The highest BCUT2D eigenvalue weighted by Gasteiger charge is 2.19. The van der Waals surface area contributed by atoms with Crippen molar-refractivity contribution in [3.05, 3.63) is 88.0 Å². The van der Waals surface area contributed by atoms with Gasteiger partial charge in [0.05, 0.1) is 19.8 Å². The lowest BCUT2D eigenvalue weighted by molar-refractivity contribution is 0.0996. The van der Waals surface area contributed by atoms with Crippen molar-refractivity contribution in [2.45, 2.75) is 20.8 Å². The first kappa shape index (κ1) is 21.1. The number of hydrogen-bond donors (Lipinski definition) is 1. The van der Waals surface area contributed by atoms with Crippen LogP contribution in [0.4, 0.5) is 5.69 Å². The lowest BCUT2D eigenvalue weighted by Gasteiger charge is -2.15. The van der Waals surface area contributed by atoms with E-state index in [2.05, 4.69) is 5.32 Å². The maximum absolute atomic E-state index is 13.1. The third-order valence-corrected chi connectivity index (χ3v) is 5.16. The molecule has 3 aromatic rings. The van der Waals surface area contributed by atoms with Gasteiger partial charge in [0.15, 0.2) is 17.3 Å². The molecule has 3 aromatic carbocycles. The summed E-state index contributed by atoms with van der Waals surface area (Å²) in [6.07, 6.45) is 0. The van der Waals surface area contributed by atoms with Crippen LogP contribution in [0.25, 0.3) is 0 Å². The molecule has 0 unspecified atom stereocenters. The summed E-state index contributed by atoms with van der Waals surface area (Å²) in [5, 5.41) is 2.89. The molecule has 0 aliphatic carbocycles. The number of nitrogens with one attached hydrogen (secondary N) is 1. The molecule has 0 saturated carbocycles. The van der Waals surface area contributed by atoms with Gasteiger partial charge in [-0.2, -0.15) is 0 Å². The van der Waals surface area contributed by atoms with Gasteiger partial charge in [0, 0.05) is 22.9 Å². The summed E-state index contributed by atoms with van der Waals surface area (Å²) in [6.45, 7) is 5.82. The minimum absolute atomic E-state index is 0.187. The molecule has 1 N–H and O–H groups in total. The first-order valence-electron chi connectivity index (χ1n) is 9.60. The summed E-state index contributed by atoms with van der Waals surface area (Å²) in [6, 6.07) is 15.9. The number of hydrogen-bond acceptors (Lipinski definition) is 4. The van der Waals surface area contributed by atoms with Crippen molar-refractivity contribution in [1.29, 1.82) is 0 Å². The van der Waals surface area contributed by atoms with Gasteiger partial charge in [0.2, 0.25) is 0 Å². The van der Waals surface area contributed by atoms with Crippen molar-refractivity contribution in [3.63, 3.8) is 0 Å². The molecule has 0 heterocycles.